The van der Waals surface area contributed by atoms with Gasteiger partial charge in [0.2, 0.25) is 5.91 Å². The Morgan fingerprint density at radius 1 is 0.775 bits per heavy atom. The molecule has 4 aromatic carbocycles. The van der Waals surface area contributed by atoms with Gasteiger partial charge < -0.3 is 24.3 Å². The molecule has 0 aliphatic heterocycles. The molecule has 0 atom stereocenters. The van der Waals surface area contributed by atoms with Crippen LogP contribution in [-0.4, -0.2) is 42.2 Å². The van der Waals surface area contributed by atoms with Gasteiger partial charge in [-0.15, -0.1) is 0 Å². The molecule has 0 fully saturated rings. The van der Waals surface area contributed by atoms with E-state index in [1.807, 2.05) is 18.2 Å². The van der Waals surface area contributed by atoms with Crippen molar-refractivity contribution in [1.82, 2.24) is 0 Å². The predicted octanol–water partition coefficient (Wildman–Crippen LogP) is 5.99. The van der Waals surface area contributed by atoms with Crippen molar-refractivity contribution in [2.24, 2.45) is 0 Å². The van der Waals surface area contributed by atoms with Gasteiger partial charge in [-0.05, 0) is 54.6 Å². The summed E-state index contributed by atoms with van der Waals surface area (Å²) in [7, 11) is -0.105. The van der Waals surface area contributed by atoms with Crippen molar-refractivity contribution in [3.05, 3.63) is 96.0 Å². The Balaban J connectivity index is 1.71. The summed E-state index contributed by atoms with van der Waals surface area (Å²) >= 11 is 6.23. The predicted molar refractivity (Wildman–Crippen MR) is 154 cm³/mol. The van der Waals surface area contributed by atoms with Crippen molar-refractivity contribution in [3.8, 4) is 28.7 Å². The number of hydrogen-bond acceptors (Lipinski definition) is 7. The number of rotatable bonds is 11. The van der Waals surface area contributed by atoms with E-state index in [4.69, 9.17) is 30.5 Å². The highest BCUT2D eigenvalue weighted by Crippen LogP contribution is 2.37. The average molecular weight is 583 g/mol. The number of benzene rings is 4. The minimum Gasteiger partial charge on any atom is -0.495 e. The van der Waals surface area contributed by atoms with E-state index in [1.54, 1.807) is 42.5 Å². The number of amides is 1. The third-order valence-electron chi connectivity index (χ3n) is 5.77. The summed E-state index contributed by atoms with van der Waals surface area (Å²) in [6.07, 6.45) is 0. The molecule has 0 radical (unpaired) electrons. The Bertz CT molecular complexity index is 1600. The second-order valence-corrected chi connectivity index (χ2v) is 10.6. The lowest BCUT2D eigenvalue weighted by Gasteiger charge is -2.26. The van der Waals surface area contributed by atoms with Crippen LogP contribution in [0.15, 0.2) is 95.9 Å². The number of halogens is 1. The highest BCUT2D eigenvalue weighted by Gasteiger charge is 2.31. The largest absolute Gasteiger partial charge is 0.495 e. The van der Waals surface area contributed by atoms with Gasteiger partial charge in [-0.1, -0.05) is 41.9 Å². The van der Waals surface area contributed by atoms with E-state index in [2.05, 4.69) is 5.32 Å². The maximum atomic E-state index is 14.0. The topological polar surface area (TPSA) is 103 Å². The Morgan fingerprint density at radius 2 is 1.43 bits per heavy atom. The SMILES string of the molecule is COc1ccc(S(=O)(=O)N(CC(=O)Nc2ccccc2Oc2ccccc2)c2cc(Cl)ccc2OC)cc1OC. The van der Waals surface area contributed by atoms with Gasteiger partial charge in [-0.2, -0.15) is 0 Å². The summed E-state index contributed by atoms with van der Waals surface area (Å²) in [5.41, 5.74) is 0.437. The zero-order valence-corrected chi connectivity index (χ0v) is 23.5. The Morgan fingerprint density at radius 3 is 2.12 bits per heavy atom. The molecule has 11 heteroatoms. The van der Waals surface area contributed by atoms with Gasteiger partial charge in [-0.25, -0.2) is 8.42 Å². The molecule has 9 nitrogen and oxygen atoms in total. The molecule has 40 heavy (non-hydrogen) atoms. The average Bonchev–Trinajstić information content (AvgIpc) is 2.97. The molecule has 0 aromatic heterocycles. The van der Waals surface area contributed by atoms with Crippen LogP contribution in [0.1, 0.15) is 0 Å². The van der Waals surface area contributed by atoms with Crippen molar-refractivity contribution in [2.45, 2.75) is 4.90 Å². The molecule has 0 heterocycles. The number of anilines is 2. The molecule has 4 rings (SSSR count). The molecule has 1 amide bonds. The van der Waals surface area contributed by atoms with Crippen LogP contribution in [0, 0.1) is 0 Å². The summed E-state index contributed by atoms with van der Waals surface area (Å²) in [4.78, 5) is 13.3. The number of ether oxygens (including phenoxy) is 4. The van der Waals surface area contributed by atoms with Crippen molar-refractivity contribution in [1.29, 1.82) is 0 Å². The first-order valence-electron chi connectivity index (χ1n) is 12.0. The molecular formula is C29H27ClN2O7S. The van der Waals surface area contributed by atoms with E-state index in [-0.39, 0.29) is 27.1 Å². The van der Waals surface area contributed by atoms with Gasteiger partial charge in [0.15, 0.2) is 17.2 Å². The van der Waals surface area contributed by atoms with Crippen LogP contribution in [0.3, 0.4) is 0 Å². The van der Waals surface area contributed by atoms with Crippen LogP contribution in [0.5, 0.6) is 28.7 Å². The molecule has 0 aliphatic carbocycles. The first-order chi connectivity index (χ1) is 19.3. The fourth-order valence-electron chi connectivity index (χ4n) is 3.86. The van der Waals surface area contributed by atoms with Crippen LogP contribution in [0.4, 0.5) is 11.4 Å². The van der Waals surface area contributed by atoms with Crippen molar-refractivity contribution >= 4 is 38.9 Å². The zero-order chi connectivity index (χ0) is 28.7. The van der Waals surface area contributed by atoms with Crippen molar-refractivity contribution in [3.63, 3.8) is 0 Å². The van der Waals surface area contributed by atoms with E-state index in [9.17, 15) is 13.2 Å². The molecule has 0 aliphatic rings. The van der Waals surface area contributed by atoms with E-state index in [0.717, 1.165) is 4.31 Å². The number of nitrogens with one attached hydrogen (secondary N) is 1. The summed E-state index contributed by atoms with van der Waals surface area (Å²) in [5, 5.41) is 3.01. The zero-order valence-electron chi connectivity index (χ0n) is 22.0. The van der Waals surface area contributed by atoms with E-state index >= 15 is 0 Å². The smallest absolute Gasteiger partial charge is 0.265 e. The van der Waals surface area contributed by atoms with Gasteiger partial charge >= 0.3 is 0 Å². The van der Waals surface area contributed by atoms with Crippen LogP contribution in [0.25, 0.3) is 0 Å². The molecule has 208 valence electrons. The third-order valence-corrected chi connectivity index (χ3v) is 7.76. The normalized spacial score (nSPS) is 10.9. The van der Waals surface area contributed by atoms with E-state index in [1.165, 1.54) is 51.7 Å². The number of nitrogens with zero attached hydrogens (tertiary/aromatic N) is 1. The Labute approximate surface area is 237 Å². The first kappa shape index (κ1) is 28.6. The van der Waals surface area contributed by atoms with Crippen LogP contribution in [0.2, 0.25) is 5.02 Å². The van der Waals surface area contributed by atoms with Crippen molar-refractivity contribution in [2.75, 3.05) is 37.5 Å². The summed E-state index contributed by atoms with van der Waals surface area (Å²) in [6, 6.07) is 24.6. The summed E-state index contributed by atoms with van der Waals surface area (Å²) < 4.78 is 50.8. The monoisotopic (exact) mass is 582 g/mol. The van der Waals surface area contributed by atoms with Crippen LogP contribution in [-0.2, 0) is 14.8 Å². The number of carbonyl (C=O) groups is 1. The van der Waals surface area contributed by atoms with E-state index < -0.39 is 22.5 Å². The summed E-state index contributed by atoms with van der Waals surface area (Å²) in [5.74, 6) is 1.09. The Hall–Kier alpha value is -4.41. The lowest BCUT2D eigenvalue weighted by molar-refractivity contribution is -0.114. The number of carbonyl (C=O) groups excluding carboxylic acids is 1. The highest BCUT2D eigenvalue weighted by atomic mass is 35.5. The van der Waals surface area contributed by atoms with Gasteiger partial charge in [0, 0.05) is 11.1 Å². The lowest BCUT2D eigenvalue weighted by Crippen LogP contribution is -2.38. The van der Waals surface area contributed by atoms with Gasteiger partial charge in [0.05, 0.1) is 37.6 Å². The fraction of sp³-hybridized carbons (Fsp3) is 0.138. The van der Waals surface area contributed by atoms with Gasteiger partial charge in [-0.3, -0.25) is 9.10 Å². The quantitative estimate of drug-likeness (QED) is 0.232. The second kappa shape index (κ2) is 12.6. The molecule has 0 bridgehead atoms. The van der Waals surface area contributed by atoms with Gasteiger partial charge in [0.25, 0.3) is 10.0 Å². The lowest BCUT2D eigenvalue weighted by atomic mass is 10.2. The van der Waals surface area contributed by atoms with Crippen LogP contribution < -0.4 is 28.6 Å². The molecule has 1 N–H and O–H groups in total. The standard InChI is InChI=1S/C29H27ClN2O7S/c1-36-26-15-13-20(30)17-24(26)32(40(34,35)22-14-16-27(37-2)28(18-22)38-3)19-29(33)31-23-11-7-8-12-25(23)39-21-9-5-4-6-10-21/h4-18H,19H2,1-3H3,(H,31,33). The molecule has 0 saturated carbocycles. The number of sulfonamides is 1. The number of para-hydroxylation sites is 3. The number of methoxy groups -OCH3 is 3. The maximum absolute atomic E-state index is 14.0. The second-order valence-electron chi connectivity index (χ2n) is 8.30. The van der Waals surface area contributed by atoms with Crippen LogP contribution >= 0.6 is 11.6 Å². The molecule has 0 unspecified atom stereocenters. The van der Waals surface area contributed by atoms with E-state index in [0.29, 0.717) is 22.9 Å². The van der Waals surface area contributed by atoms with Crippen molar-refractivity contribution < 1.29 is 32.2 Å². The van der Waals surface area contributed by atoms with Gasteiger partial charge in [0.1, 0.15) is 18.0 Å². The summed E-state index contributed by atoms with van der Waals surface area (Å²) in [6.45, 7) is -0.604. The molecule has 0 spiro atoms. The number of hydrogen-bond donors (Lipinski definition) is 1. The Kier molecular flexibility index (Phi) is 9.03. The molecular weight excluding hydrogens is 556 g/mol. The first-order valence-corrected chi connectivity index (χ1v) is 13.8. The minimum absolute atomic E-state index is 0.0776. The highest BCUT2D eigenvalue weighted by molar-refractivity contribution is 7.92. The molecule has 4 aromatic rings. The minimum atomic E-state index is -4.34. The maximum Gasteiger partial charge on any atom is 0.265 e. The fourth-order valence-corrected chi connectivity index (χ4v) is 5.46. The third kappa shape index (κ3) is 6.41. The molecule has 0 saturated heterocycles.